The maximum Gasteiger partial charge on any atom is 0.416 e. The number of hydrogen-bond donors (Lipinski definition) is 1. The molecule has 42 heavy (non-hydrogen) atoms. The van der Waals surface area contributed by atoms with E-state index in [9.17, 15) is 28.1 Å². The van der Waals surface area contributed by atoms with Gasteiger partial charge in [-0.2, -0.15) is 18.3 Å². The van der Waals surface area contributed by atoms with E-state index in [1.54, 1.807) is 12.1 Å². The molecule has 0 aliphatic heterocycles. The number of aromatic nitrogens is 1. The average Bonchev–Trinajstić information content (AvgIpc) is 3.37. The Labute approximate surface area is 238 Å². The van der Waals surface area contributed by atoms with Crippen molar-refractivity contribution in [1.82, 2.24) is 9.99 Å². The third kappa shape index (κ3) is 6.28. The quantitative estimate of drug-likeness (QED) is 0.120. The van der Waals surface area contributed by atoms with Gasteiger partial charge >= 0.3 is 6.18 Å². The molecule has 10 heteroatoms. The molecule has 0 spiro atoms. The topological polar surface area (TPSA) is 89.5 Å². The van der Waals surface area contributed by atoms with Gasteiger partial charge in [-0.15, -0.1) is 0 Å². The minimum absolute atomic E-state index is 0.0429. The van der Waals surface area contributed by atoms with E-state index in [1.165, 1.54) is 30.5 Å². The van der Waals surface area contributed by atoms with Crippen LogP contribution in [0.2, 0.25) is 0 Å². The van der Waals surface area contributed by atoms with Crippen LogP contribution in [-0.4, -0.2) is 21.6 Å². The summed E-state index contributed by atoms with van der Waals surface area (Å²) >= 11 is 0. The standard InChI is InChI=1S/C32H23F3N4O3/c33-32(34,35)26-13-7-8-22(18-26)19-30(40)37-36-21-25-20-29(23-9-3-1-4-10-23)38(31(25)24-11-5-2-6-12-24)27-14-16-28(17-15-27)39(41)42/h1-18,20-21H,19H2,(H,37,40)/b36-21-. The highest BCUT2D eigenvalue weighted by Gasteiger charge is 2.30. The highest BCUT2D eigenvalue weighted by Crippen LogP contribution is 2.36. The highest BCUT2D eigenvalue weighted by molar-refractivity contribution is 5.94. The summed E-state index contributed by atoms with van der Waals surface area (Å²) in [5.41, 5.74) is 6.26. The number of benzene rings is 4. The Kier molecular flexibility index (Phi) is 7.96. The molecule has 0 fully saturated rings. The Bertz CT molecular complexity index is 1750. The maximum atomic E-state index is 13.1. The molecule has 210 valence electrons. The number of carbonyl (C=O) groups excluding carboxylic acids is 1. The Hall–Kier alpha value is -5.51. The minimum atomic E-state index is -4.51. The molecule has 1 aromatic heterocycles. The summed E-state index contributed by atoms with van der Waals surface area (Å²) in [4.78, 5) is 23.4. The lowest BCUT2D eigenvalue weighted by molar-refractivity contribution is -0.384. The van der Waals surface area contributed by atoms with Gasteiger partial charge in [-0.05, 0) is 41.0 Å². The number of nitrogens with one attached hydrogen (secondary N) is 1. The normalized spacial score (nSPS) is 11.5. The van der Waals surface area contributed by atoms with Crippen molar-refractivity contribution in [2.24, 2.45) is 5.10 Å². The van der Waals surface area contributed by atoms with E-state index in [2.05, 4.69) is 10.5 Å². The first-order chi connectivity index (χ1) is 20.2. The molecule has 7 nitrogen and oxygen atoms in total. The Morgan fingerprint density at radius 2 is 1.50 bits per heavy atom. The number of halogens is 3. The fraction of sp³-hybridized carbons (Fsp3) is 0.0625. The van der Waals surface area contributed by atoms with E-state index in [-0.39, 0.29) is 17.7 Å². The zero-order valence-electron chi connectivity index (χ0n) is 22.0. The Morgan fingerprint density at radius 1 is 0.857 bits per heavy atom. The molecule has 0 saturated heterocycles. The lowest BCUT2D eigenvalue weighted by atomic mass is 10.1. The maximum absolute atomic E-state index is 13.1. The van der Waals surface area contributed by atoms with Gasteiger partial charge < -0.3 is 4.57 Å². The van der Waals surface area contributed by atoms with Crippen LogP contribution >= 0.6 is 0 Å². The predicted octanol–water partition coefficient (Wildman–Crippen LogP) is 7.43. The van der Waals surface area contributed by atoms with Crippen LogP contribution in [0, 0.1) is 10.1 Å². The number of non-ortho nitro benzene ring substituents is 1. The molecule has 0 radical (unpaired) electrons. The van der Waals surface area contributed by atoms with E-state index >= 15 is 0 Å². The number of hydrazone groups is 1. The highest BCUT2D eigenvalue weighted by atomic mass is 19.4. The second kappa shape index (κ2) is 11.9. The van der Waals surface area contributed by atoms with Crippen LogP contribution in [0.5, 0.6) is 0 Å². The van der Waals surface area contributed by atoms with E-state index in [1.807, 2.05) is 71.3 Å². The number of alkyl halides is 3. The van der Waals surface area contributed by atoms with Crippen LogP contribution < -0.4 is 5.43 Å². The molecule has 0 bridgehead atoms. The van der Waals surface area contributed by atoms with Crippen molar-refractivity contribution in [3.05, 3.63) is 142 Å². The van der Waals surface area contributed by atoms with Crippen molar-refractivity contribution in [3.8, 4) is 28.2 Å². The van der Waals surface area contributed by atoms with Crippen molar-refractivity contribution < 1.29 is 22.9 Å². The molecule has 5 rings (SSSR count). The number of nitro benzene ring substituents is 1. The third-order valence-corrected chi connectivity index (χ3v) is 6.48. The van der Waals surface area contributed by atoms with Crippen LogP contribution in [-0.2, 0) is 17.4 Å². The third-order valence-electron chi connectivity index (χ3n) is 6.48. The van der Waals surface area contributed by atoms with Gasteiger partial charge in [-0.1, -0.05) is 78.9 Å². The van der Waals surface area contributed by atoms with Gasteiger partial charge in [-0.25, -0.2) is 5.43 Å². The first kappa shape index (κ1) is 28.0. The van der Waals surface area contributed by atoms with Gasteiger partial charge in [0.15, 0.2) is 0 Å². The molecule has 1 heterocycles. The van der Waals surface area contributed by atoms with Gasteiger partial charge in [0, 0.05) is 23.4 Å². The van der Waals surface area contributed by atoms with Gasteiger partial charge in [0.05, 0.1) is 34.5 Å². The number of nitrogens with zero attached hydrogens (tertiary/aromatic N) is 3. The van der Waals surface area contributed by atoms with Crippen LogP contribution in [0.3, 0.4) is 0 Å². The Balaban J connectivity index is 1.53. The average molecular weight is 569 g/mol. The van der Waals surface area contributed by atoms with Crippen LogP contribution in [0.4, 0.5) is 18.9 Å². The van der Waals surface area contributed by atoms with Gasteiger partial charge in [-0.3, -0.25) is 14.9 Å². The Morgan fingerprint density at radius 3 is 2.12 bits per heavy atom. The van der Waals surface area contributed by atoms with Crippen LogP contribution in [0.25, 0.3) is 28.2 Å². The van der Waals surface area contributed by atoms with Crippen molar-refractivity contribution in [2.45, 2.75) is 12.6 Å². The molecule has 0 aliphatic carbocycles. The molecule has 4 aromatic carbocycles. The molecule has 5 aromatic rings. The largest absolute Gasteiger partial charge is 0.416 e. The van der Waals surface area contributed by atoms with Crippen molar-refractivity contribution in [3.63, 3.8) is 0 Å². The molecule has 0 aliphatic rings. The molecular weight excluding hydrogens is 545 g/mol. The zero-order chi connectivity index (χ0) is 29.7. The summed E-state index contributed by atoms with van der Waals surface area (Å²) in [6, 6.07) is 31.7. The van der Waals surface area contributed by atoms with E-state index < -0.39 is 22.6 Å². The summed E-state index contributed by atoms with van der Waals surface area (Å²) in [6.07, 6.45) is -3.32. The molecule has 1 amide bonds. The van der Waals surface area contributed by atoms with E-state index in [4.69, 9.17) is 0 Å². The van der Waals surface area contributed by atoms with Crippen molar-refractivity contribution in [1.29, 1.82) is 0 Å². The number of nitro groups is 1. The number of hydrogen-bond acceptors (Lipinski definition) is 4. The van der Waals surface area contributed by atoms with Crippen molar-refractivity contribution in [2.75, 3.05) is 0 Å². The number of rotatable bonds is 8. The minimum Gasteiger partial charge on any atom is -0.309 e. The molecule has 0 saturated carbocycles. The smallest absolute Gasteiger partial charge is 0.309 e. The lowest BCUT2D eigenvalue weighted by Gasteiger charge is -2.15. The summed E-state index contributed by atoms with van der Waals surface area (Å²) in [7, 11) is 0. The molecule has 0 unspecified atom stereocenters. The lowest BCUT2D eigenvalue weighted by Crippen LogP contribution is -2.20. The monoisotopic (exact) mass is 568 g/mol. The number of amides is 1. The predicted molar refractivity (Wildman–Crippen MR) is 154 cm³/mol. The molecular formula is C32H23F3N4O3. The SMILES string of the molecule is O=C(Cc1cccc(C(F)(F)F)c1)N/N=C\c1cc(-c2ccccc2)n(-c2ccc([N+](=O)[O-])cc2)c1-c1ccccc1. The van der Waals surface area contributed by atoms with Gasteiger partial charge in [0.2, 0.25) is 5.91 Å². The van der Waals surface area contributed by atoms with Crippen molar-refractivity contribution >= 4 is 17.8 Å². The molecule has 0 atom stereocenters. The second-order valence-corrected chi connectivity index (χ2v) is 9.34. The zero-order valence-corrected chi connectivity index (χ0v) is 22.0. The summed E-state index contributed by atoms with van der Waals surface area (Å²) in [5, 5.41) is 15.4. The summed E-state index contributed by atoms with van der Waals surface area (Å²) < 4.78 is 41.1. The fourth-order valence-corrected chi connectivity index (χ4v) is 4.59. The fourth-order valence-electron chi connectivity index (χ4n) is 4.59. The summed E-state index contributed by atoms with van der Waals surface area (Å²) in [6.45, 7) is 0. The summed E-state index contributed by atoms with van der Waals surface area (Å²) in [5.74, 6) is -0.579. The first-order valence-electron chi connectivity index (χ1n) is 12.8. The van der Waals surface area contributed by atoms with E-state index in [0.29, 0.717) is 11.3 Å². The second-order valence-electron chi connectivity index (χ2n) is 9.34. The van der Waals surface area contributed by atoms with Crippen LogP contribution in [0.1, 0.15) is 16.7 Å². The van der Waals surface area contributed by atoms with E-state index in [0.717, 1.165) is 34.6 Å². The number of carbonyl (C=O) groups is 1. The van der Waals surface area contributed by atoms with Gasteiger partial charge in [0.1, 0.15) is 0 Å². The van der Waals surface area contributed by atoms with Gasteiger partial charge in [0.25, 0.3) is 5.69 Å². The molecule has 1 N–H and O–H groups in total. The first-order valence-corrected chi connectivity index (χ1v) is 12.8. The van der Waals surface area contributed by atoms with Crippen LogP contribution in [0.15, 0.2) is 120 Å².